The highest BCUT2D eigenvalue weighted by atomic mass is 16.5. The van der Waals surface area contributed by atoms with Crippen LogP contribution in [0.2, 0.25) is 0 Å². The summed E-state index contributed by atoms with van der Waals surface area (Å²) in [5, 5.41) is 0. The van der Waals surface area contributed by atoms with Crippen LogP contribution in [0.3, 0.4) is 0 Å². The Kier molecular flexibility index (Phi) is 5.26. The van der Waals surface area contributed by atoms with E-state index in [1.54, 1.807) is 19.1 Å². The number of ether oxygens (including phenoxy) is 1. The van der Waals surface area contributed by atoms with Crippen molar-refractivity contribution >= 4 is 11.8 Å². The minimum absolute atomic E-state index is 0.0293. The van der Waals surface area contributed by atoms with Crippen LogP contribution in [0.4, 0.5) is 0 Å². The highest BCUT2D eigenvalue weighted by Gasteiger charge is 2.29. The van der Waals surface area contributed by atoms with Gasteiger partial charge in [-0.1, -0.05) is 45.2 Å². The zero-order valence-electron chi connectivity index (χ0n) is 12.4. The summed E-state index contributed by atoms with van der Waals surface area (Å²) in [5.74, 6) is -0.437. The average molecular weight is 274 g/mol. The number of cyclic esters (lactones) is 1. The first kappa shape index (κ1) is 16.2. The Hall–Kier alpha value is -1.90. The van der Waals surface area contributed by atoms with E-state index in [1.807, 2.05) is 19.9 Å². The Bertz CT molecular complexity index is 492. The van der Waals surface area contributed by atoms with E-state index in [4.69, 9.17) is 4.74 Å². The predicted molar refractivity (Wildman–Crippen MR) is 80.1 cm³/mol. The zero-order valence-corrected chi connectivity index (χ0v) is 12.4. The standard InChI is InChI=1S/C17H22O3/c1-6-15-17(4,5)11-10-14(18)12(2)8-7-9-13(3)16(19)20-15/h6,8,10-11,15H,1,3,7,9H2,2,4-5H3/b11-10+,12-8+/t15-/m0/s1. The topological polar surface area (TPSA) is 43.4 Å². The molecule has 0 aromatic rings. The van der Waals surface area contributed by atoms with E-state index in [1.165, 1.54) is 6.08 Å². The number of allylic oxidation sites excluding steroid dienone is 3. The smallest absolute Gasteiger partial charge is 0.334 e. The normalized spacial score (nSPS) is 28.4. The number of hydrogen-bond donors (Lipinski definition) is 0. The molecule has 1 atom stereocenters. The third-order valence-corrected chi connectivity index (χ3v) is 3.42. The maximum Gasteiger partial charge on any atom is 0.334 e. The molecule has 0 bridgehead atoms. The lowest BCUT2D eigenvalue weighted by molar-refractivity contribution is -0.145. The van der Waals surface area contributed by atoms with Crippen LogP contribution in [-0.2, 0) is 14.3 Å². The molecule has 0 amide bonds. The summed E-state index contributed by atoms with van der Waals surface area (Å²) in [7, 11) is 0. The average Bonchev–Trinajstić information content (AvgIpc) is 2.40. The molecule has 0 N–H and O–H groups in total. The number of hydrogen-bond acceptors (Lipinski definition) is 3. The molecule has 0 saturated heterocycles. The quantitative estimate of drug-likeness (QED) is 0.417. The van der Waals surface area contributed by atoms with Gasteiger partial charge in [-0.05, 0) is 31.4 Å². The number of rotatable bonds is 1. The van der Waals surface area contributed by atoms with Gasteiger partial charge in [0.25, 0.3) is 0 Å². The highest BCUT2D eigenvalue weighted by molar-refractivity contribution is 6.03. The predicted octanol–water partition coefficient (Wildman–Crippen LogP) is 3.53. The van der Waals surface area contributed by atoms with E-state index in [0.29, 0.717) is 24.0 Å². The number of esters is 1. The molecule has 3 nitrogen and oxygen atoms in total. The molecule has 0 radical (unpaired) electrons. The van der Waals surface area contributed by atoms with Gasteiger partial charge in [-0.25, -0.2) is 4.79 Å². The van der Waals surface area contributed by atoms with E-state index in [0.717, 1.165) is 0 Å². The first-order valence-corrected chi connectivity index (χ1v) is 6.69. The van der Waals surface area contributed by atoms with E-state index >= 15 is 0 Å². The molecule has 0 unspecified atom stereocenters. The minimum Gasteiger partial charge on any atom is -0.454 e. The Balaban J connectivity index is 3.15. The molecule has 108 valence electrons. The summed E-state index contributed by atoms with van der Waals surface area (Å²) in [6.45, 7) is 13.0. The third-order valence-electron chi connectivity index (χ3n) is 3.42. The Morgan fingerprint density at radius 1 is 1.40 bits per heavy atom. The van der Waals surface area contributed by atoms with Gasteiger partial charge in [0.2, 0.25) is 0 Å². The molecule has 0 aliphatic carbocycles. The van der Waals surface area contributed by atoms with Gasteiger partial charge in [0.1, 0.15) is 6.10 Å². The fraction of sp³-hybridized carbons (Fsp3) is 0.412. The second kappa shape index (κ2) is 6.51. The molecule has 0 spiro atoms. The molecule has 3 heteroatoms. The maximum absolute atomic E-state index is 12.0. The molecular formula is C17H22O3. The fourth-order valence-corrected chi connectivity index (χ4v) is 1.88. The largest absolute Gasteiger partial charge is 0.454 e. The van der Waals surface area contributed by atoms with Crippen molar-refractivity contribution in [1.82, 2.24) is 0 Å². The molecule has 0 aromatic carbocycles. The lowest BCUT2D eigenvalue weighted by atomic mass is 9.85. The van der Waals surface area contributed by atoms with Crippen LogP contribution in [0, 0.1) is 5.41 Å². The maximum atomic E-state index is 12.0. The second-order valence-electron chi connectivity index (χ2n) is 5.61. The van der Waals surface area contributed by atoms with E-state index in [2.05, 4.69) is 13.2 Å². The van der Waals surface area contributed by atoms with Crippen molar-refractivity contribution in [3.05, 3.63) is 48.6 Å². The summed E-state index contributed by atoms with van der Waals surface area (Å²) in [6.07, 6.45) is 7.28. The van der Waals surface area contributed by atoms with Gasteiger partial charge < -0.3 is 4.74 Å². The van der Waals surface area contributed by atoms with Crippen molar-refractivity contribution in [2.75, 3.05) is 0 Å². The fourth-order valence-electron chi connectivity index (χ4n) is 1.88. The molecule has 0 aromatic heterocycles. The molecule has 0 fully saturated rings. The van der Waals surface area contributed by atoms with Gasteiger partial charge in [0.05, 0.1) is 0 Å². The summed E-state index contributed by atoms with van der Waals surface area (Å²) >= 11 is 0. The van der Waals surface area contributed by atoms with Gasteiger partial charge in [-0.2, -0.15) is 0 Å². The molecule has 20 heavy (non-hydrogen) atoms. The summed E-state index contributed by atoms with van der Waals surface area (Å²) in [6, 6.07) is 0. The third kappa shape index (κ3) is 4.05. The van der Waals surface area contributed by atoms with E-state index in [9.17, 15) is 9.59 Å². The van der Waals surface area contributed by atoms with E-state index in [-0.39, 0.29) is 5.78 Å². The van der Waals surface area contributed by atoms with Crippen LogP contribution in [0.1, 0.15) is 33.6 Å². The Morgan fingerprint density at radius 2 is 2.05 bits per heavy atom. The number of carbonyl (C=O) groups excluding carboxylic acids is 2. The van der Waals surface area contributed by atoms with Crippen LogP contribution in [0.25, 0.3) is 0 Å². The number of carbonyl (C=O) groups is 2. The first-order valence-electron chi connectivity index (χ1n) is 6.69. The number of ketones is 1. The SMILES string of the molecule is C=C[C@@H]1OC(=O)C(=C)CC/C=C(\C)C(=O)/C=C/C1(C)C. The summed E-state index contributed by atoms with van der Waals surface area (Å²) in [4.78, 5) is 23.9. The van der Waals surface area contributed by atoms with Crippen molar-refractivity contribution in [3.63, 3.8) is 0 Å². The van der Waals surface area contributed by atoms with Crippen LogP contribution < -0.4 is 0 Å². The monoisotopic (exact) mass is 274 g/mol. The molecular weight excluding hydrogens is 252 g/mol. The molecule has 0 saturated carbocycles. The lowest BCUT2D eigenvalue weighted by Crippen LogP contribution is -2.31. The van der Waals surface area contributed by atoms with Crippen molar-refractivity contribution in [2.24, 2.45) is 5.41 Å². The van der Waals surface area contributed by atoms with Crippen molar-refractivity contribution in [2.45, 2.75) is 39.7 Å². The minimum atomic E-state index is -0.507. The Morgan fingerprint density at radius 3 is 2.65 bits per heavy atom. The van der Waals surface area contributed by atoms with Gasteiger partial charge >= 0.3 is 5.97 Å². The van der Waals surface area contributed by atoms with Crippen molar-refractivity contribution < 1.29 is 14.3 Å². The van der Waals surface area contributed by atoms with Gasteiger partial charge in [0, 0.05) is 11.0 Å². The Labute approximate surface area is 120 Å². The van der Waals surface area contributed by atoms with Gasteiger partial charge in [-0.15, -0.1) is 0 Å². The van der Waals surface area contributed by atoms with Crippen LogP contribution in [0.5, 0.6) is 0 Å². The first-order chi connectivity index (χ1) is 9.27. The van der Waals surface area contributed by atoms with Crippen molar-refractivity contribution in [3.8, 4) is 0 Å². The molecule has 1 aliphatic rings. The summed E-state index contributed by atoms with van der Waals surface area (Å²) in [5.41, 5.74) is 0.579. The zero-order chi connectivity index (χ0) is 15.3. The summed E-state index contributed by atoms with van der Waals surface area (Å²) < 4.78 is 5.42. The highest BCUT2D eigenvalue weighted by Crippen LogP contribution is 2.28. The lowest BCUT2D eigenvalue weighted by Gasteiger charge is -2.29. The molecule has 1 heterocycles. The van der Waals surface area contributed by atoms with Crippen molar-refractivity contribution in [1.29, 1.82) is 0 Å². The molecule has 1 aliphatic heterocycles. The van der Waals surface area contributed by atoms with E-state index < -0.39 is 17.5 Å². The van der Waals surface area contributed by atoms with Gasteiger partial charge in [0.15, 0.2) is 5.78 Å². The molecule has 1 rings (SSSR count). The van der Waals surface area contributed by atoms with Crippen LogP contribution >= 0.6 is 0 Å². The van der Waals surface area contributed by atoms with Crippen LogP contribution in [-0.4, -0.2) is 17.9 Å². The second-order valence-corrected chi connectivity index (χ2v) is 5.61. The van der Waals surface area contributed by atoms with Crippen LogP contribution in [0.15, 0.2) is 48.6 Å². The van der Waals surface area contributed by atoms with Gasteiger partial charge in [-0.3, -0.25) is 4.79 Å².